The van der Waals surface area contributed by atoms with Crippen molar-refractivity contribution < 1.29 is 4.79 Å². The Hall–Kier alpha value is -0.590. The summed E-state index contributed by atoms with van der Waals surface area (Å²) in [6.07, 6.45) is 14.5. The third-order valence-corrected chi connectivity index (χ3v) is 8.76. The molecule has 0 heterocycles. The Balaban J connectivity index is 1.65. The predicted molar refractivity (Wildman–Crippen MR) is 99.7 cm³/mol. The highest BCUT2D eigenvalue weighted by Crippen LogP contribution is 2.66. The van der Waals surface area contributed by atoms with Crippen LogP contribution in [-0.2, 0) is 4.79 Å². The van der Waals surface area contributed by atoms with Crippen LogP contribution in [0.4, 0.5) is 0 Å². The van der Waals surface area contributed by atoms with E-state index in [1.54, 1.807) is 0 Å². The van der Waals surface area contributed by atoms with Gasteiger partial charge in [0.25, 0.3) is 0 Å². The van der Waals surface area contributed by atoms with E-state index in [0.717, 1.165) is 30.6 Å². The lowest BCUT2D eigenvalue weighted by molar-refractivity contribution is -0.137. The Morgan fingerprint density at radius 3 is 2.54 bits per heavy atom. The first kappa shape index (κ1) is 16.9. The van der Waals surface area contributed by atoms with Gasteiger partial charge in [0.2, 0.25) is 0 Å². The minimum Gasteiger partial charge on any atom is -0.294 e. The van der Waals surface area contributed by atoms with Gasteiger partial charge in [-0.25, -0.2) is 0 Å². The first-order valence-electron chi connectivity index (χ1n) is 10.6. The number of carbonyl (C=O) groups excluding carboxylic acids is 1. The number of ketones is 1. The third-order valence-electron chi connectivity index (χ3n) is 8.76. The van der Waals surface area contributed by atoms with E-state index in [0.29, 0.717) is 23.0 Å². The summed E-state index contributed by atoms with van der Waals surface area (Å²) in [4.78, 5) is 13.2. The molecule has 4 fully saturated rings. The Bertz CT molecular complexity index is 558. The molecule has 134 valence electrons. The average molecular weight is 329 g/mol. The van der Waals surface area contributed by atoms with Crippen LogP contribution >= 0.6 is 0 Å². The van der Waals surface area contributed by atoms with E-state index in [-0.39, 0.29) is 5.41 Å². The van der Waals surface area contributed by atoms with Crippen molar-refractivity contribution in [2.75, 3.05) is 0 Å². The van der Waals surface area contributed by atoms with E-state index in [9.17, 15) is 4.79 Å². The Labute approximate surface area is 148 Å². The standard InChI is InChI=1S/C23H36O/c1-15(2)13-16-14-20-18-9-8-17-7-5-6-11-22(17,3)19(18)10-12-23(20,4)21(16)24/h13,15,17-20H,5-12,14H2,1-4H3/b16-13+/t17?,18?,19?,20?,22-,23-/m0/s1. The maximum absolute atomic E-state index is 13.2. The second kappa shape index (κ2) is 5.71. The minimum atomic E-state index is -0.0419. The van der Waals surface area contributed by atoms with Crippen molar-refractivity contribution in [3.05, 3.63) is 11.6 Å². The highest BCUT2D eigenvalue weighted by atomic mass is 16.1. The molecule has 0 radical (unpaired) electrons. The molecule has 1 heteroatoms. The average Bonchev–Trinajstić information content (AvgIpc) is 2.78. The van der Waals surface area contributed by atoms with E-state index in [1.165, 1.54) is 50.5 Å². The fraction of sp³-hybridized carbons (Fsp3) is 0.870. The predicted octanol–water partition coefficient (Wildman–Crippen LogP) is 6.18. The molecule has 0 N–H and O–H groups in total. The van der Waals surface area contributed by atoms with Gasteiger partial charge in [0, 0.05) is 5.41 Å². The lowest BCUT2D eigenvalue weighted by Gasteiger charge is -2.59. The largest absolute Gasteiger partial charge is 0.294 e. The molecule has 4 aliphatic rings. The summed E-state index contributed by atoms with van der Waals surface area (Å²) in [5.74, 6) is 4.31. The number of hydrogen-bond acceptors (Lipinski definition) is 1. The third kappa shape index (κ3) is 2.29. The fourth-order valence-corrected chi connectivity index (χ4v) is 7.52. The number of hydrogen-bond donors (Lipinski definition) is 0. The normalized spacial score (nSPS) is 49.9. The molecular weight excluding hydrogens is 292 g/mol. The Morgan fingerprint density at radius 2 is 1.79 bits per heavy atom. The molecule has 0 aromatic heterocycles. The van der Waals surface area contributed by atoms with Gasteiger partial charge in [0.1, 0.15) is 0 Å². The smallest absolute Gasteiger partial charge is 0.164 e. The summed E-state index contributed by atoms with van der Waals surface area (Å²) in [6.45, 7) is 9.36. The summed E-state index contributed by atoms with van der Waals surface area (Å²) in [7, 11) is 0. The molecule has 4 saturated carbocycles. The lowest BCUT2D eigenvalue weighted by Crippen LogP contribution is -2.52. The molecule has 0 spiro atoms. The summed E-state index contributed by atoms with van der Waals surface area (Å²) < 4.78 is 0. The Morgan fingerprint density at radius 1 is 1.00 bits per heavy atom. The van der Waals surface area contributed by atoms with Crippen molar-refractivity contribution in [2.45, 2.75) is 85.5 Å². The van der Waals surface area contributed by atoms with Gasteiger partial charge in [0.05, 0.1) is 0 Å². The van der Waals surface area contributed by atoms with E-state index in [1.807, 2.05) is 0 Å². The van der Waals surface area contributed by atoms with E-state index >= 15 is 0 Å². The maximum Gasteiger partial charge on any atom is 0.164 e. The molecule has 0 bridgehead atoms. The van der Waals surface area contributed by atoms with E-state index in [4.69, 9.17) is 0 Å². The van der Waals surface area contributed by atoms with Crippen molar-refractivity contribution in [3.63, 3.8) is 0 Å². The van der Waals surface area contributed by atoms with Gasteiger partial charge >= 0.3 is 0 Å². The van der Waals surface area contributed by atoms with Crippen molar-refractivity contribution in [1.82, 2.24) is 0 Å². The Kier molecular flexibility index (Phi) is 4.01. The molecule has 4 unspecified atom stereocenters. The molecule has 0 amide bonds. The van der Waals surface area contributed by atoms with Crippen LogP contribution in [0, 0.1) is 40.4 Å². The number of carbonyl (C=O) groups is 1. The van der Waals surface area contributed by atoms with Crippen molar-refractivity contribution in [3.8, 4) is 0 Å². The second-order valence-electron chi connectivity index (χ2n) is 10.3. The lowest BCUT2D eigenvalue weighted by atomic mass is 9.45. The van der Waals surface area contributed by atoms with Crippen LogP contribution in [0.2, 0.25) is 0 Å². The molecule has 0 aromatic rings. The zero-order valence-corrected chi connectivity index (χ0v) is 16.2. The fourth-order valence-electron chi connectivity index (χ4n) is 7.52. The van der Waals surface area contributed by atoms with E-state index in [2.05, 4.69) is 33.8 Å². The van der Waals surface area contributed by atoms with Crippen LogP contribution in [0.1, 0.15) is 85.5 Å². The topological polar surface area (TPSA) is 17.1 Å². The molecule has 4 rings (SSSR count). The first-order valence-corrected chi connectivity index (χ1v) is 10.6. The van der Waals surface area contributed by atoms with Gasteiger partial charge in [0.15, 0.2) is 5.78 Å². The molecule has 24 heavy (non-hydrogen) atoms. The second-order valence-corrected chi connectivity index (χ2v) is 10.3. The number of rotatable bonds is 1. The highest BCUT2D eigenvalue weighted by Gasteiger charge is 2.60. The molecule has 0 saturated heterocycles. The van der Waals surface area contributed by atoms with Gasteiger partial charge in [-0.1, -0.05) is 46.6 Å². The van der Waals surface area contributed by atoms with Crippen LogP contribution < -0.4 is 0 Å². The number of fused-ring (bicyclic) bond motifs is 5. The summed E-state index contributed by atoms with van der Waals surface area (Å²) >= 11 is 0. The molecule has 6 atom stereocenters. The van der Waals surface area contributed by atoms with Crippen LogP contribution in [0.15, 0.2) is 11.6 Å². The van der Waals surface area contributed by atoms with Gasteiger partial charge < -0.3 is 0 Å². The summed E-state index contributed by atoms with van der Waals surface area (Å²) in [6, 6.07) is 0. The summed E-state index contributed by atoms with van der Waals surface area (Å²) in [5, 5.41) is 0. The van der Waals surface area contributed by atoms with Gasteiger partial charge in [-0.3, -0.25) is 4.79 Å². The maximum atomic E-state index is 13.2. The van der Waals surface area contributed by atoms with Crippen LogP contribution in [0.25, 0.3) is 0 Å². The van der Waals surface area contributed by atoms with Crippen molar-refractivity contribution in [2.24, 2.45) is 40.4 Å². The SMILES string of the molecule is CC(C)/C=C1\CC2C3CCC4CCCC[C@]4(C)C3CC[C@]2(C)C1=O. The van der Waals surface area contributed by atoms with Crippen molar-refractivity contribution >= 4 is 5.78 Å². The summed E-state index contributed by atoms with van der Waals surface area (Å²) in [5.41, 5.74) is 1.71. The zero-order chi connectivity index (χ0) is 17.1. The molecule has 4 aliphatic carbocycles. The van der Waals surface area contributed by atoms with Crippen LogP contribution in [-0.4, -0.2) is 5.78 Å². The van der Waals surface area contributed by atoms with E-state index < -0.39 is 0 Å². The van der Waals surface area contributed by atoms with Crippen LogP contribution in [0.3, 0.4) is 0 Å². The van der Waals surface area contributed by atoms with Crippen molar-refractivity contribution in [1.29, 1.82) is 0 Å². The molecular formula is C23H36O. The first-order chi connectivity index (χ1) is 11.4. The van der Waals surface area contributed by atoms with Gasteiger partial charge in [-0.15, -0.1) is 0 Å². The quantitative estimate of drug-likeness (QED) is 0.525. The molecule has 0 aromatic carbocycles. The number of Topliss-reactive ketones (excluding diaryl/α,β-unsaturated/α-hetero) is 1. The minimum absolute atomic E-state index is 0.0419. The van der Waals surface area contributed by atoms with Gasteiger partial charge in [-0.2, -0.15) is 0 Å². The number of allylic oxidation sites excluding steroid dienone is 2. The zero-order valence-electron chi connectivity index (χ0n) is 16.2. The monoisotopic (exact) mass is 328 g/mol. The highest BCUT2D eigenvalue weighted by molar-refractivity contribution is 6.02. The van der Waals surface area contributed by atoms with Crippen LogP contribution in [0.5, 0.6) is 0 Å². The molecule has 1 nitrogen and oxygen atoms in total. The van der Waals surface area contributed by atoms with Gasteiger partial charge in [-0.05, 0) is 85.5 Å². The molecule has 0 aliphatic heterocycles.